The molecule has 2 amide bonds. The summed E-state index contributed by atoms with van der Waals surface area (Å²) in [4.78, 5) is 31.5. The minimum Gasteiger partial charge on any atom is -0.460 e. The molecule has 0 radical (unpaired) electrons. The van der Waals surface area contributed by atoms with Crippen molar-refractivity contribution in [1.82, 2.24) is 4.98 Å². The van der Waals surface area contributed by atoms with E-state index in [0.29, 0.717) is 39.0 Å². The Balaban J connectivity index is 1.58. The van der Waals surface area contributed by atoms with Crippen molar-refractivity contribution in [3.63, 3.8) is 0 Å². The maximum Gasteiger partial charge on any atom is 0.257 e. The standard InChI is InChI=1S/C25H23N3O3S/c1-13-7-9-16-21(11-13)32-25(22(16)23(26)29)28-24(30)17-12-19(20-10-8-14(2)31-20)27-18-6-4-3-5-15(17)18/h3-6,8,10,12-13H,7,9,11H2,1-2H3,(H2,26,29)(H,28,30)/t13-/m0/s1. The van der Waals surface area contributed by atoms with Crippen LogP contribution in [0.3, 0.4) is 0 Å². The number of para-hydroxylation sites is 1. The lowest BCUT2D eigenvalue weighted by molar-refractivity contribution is 0.1000. The lowest BCUT2D eigenvalue weighted by Crippen LogP contribution is -2.19. The molecule has 0 aliphatic heterocycles. The highest BCUT2D eigenvalue weighted by atomic mass is 32.1. The Morgan fingerprint density at radius 1 is 1.22 bits per heavy atom. The van der Waals surface area contributed by atoms with Crippen LogP contribution in [0.15, 0.2) is 46.9 Å². The van der Waals surface area contributed by atoms with E-state index in [4.69, 9.17) is 10.2 Å². The fourth-order valence-electron chi connectivity index (χ4n) is 4.33. The lowest BCUT2D eigenvalue weighted by atomic mass is 9.88. The minimum atomic E-state index is -0.501. The maximum atomic E-state index is 13.5. The fourth-order valence-corrected chi connectivity index (χ4v) is 5.74. The summed E-state index contributed by atoms with van der Waals surface area (Å²) in [5, 5.41) is 4.23. The van der Waals surface area contributed by atoms with Gasteiger partial charge in [0, 0.05) is 10.3 Å². The molecule has 162 valence electrons. The Morgan fingerprint density at radius 3 is 2.78 bits per heavy atom. The molecule has 32 heavy (non-hydrogen) atoms. The summed E-state index contributed by atoms with van der Waals surface area (Å²) in [6.07, 6.45) is 2.72. The SMILES string of the molecule is Cc1ccc(-c2cc(C(=O)Nc3sc4c(c3C(N)=O)CC[C@H](C)C4)c3ccccc3n2)o1. The smallest absolute Gasteiger partial charge is 0.257 e. The Hall–Kier alpha value is -3.45. The van der Waals surface area contributed by atoms with Crippen LogP contribution in [-0.2, 0) is 12.8 Å². The molecule has 0 saturated carbocycles. The van der Waals surface area contributed by atoms with Crippen molar-refractivity contribution >= 4 is 39.1 Å². The molecule has 7 heteroatoms. The molecular formula is C25H23N3O3S. The summed E-state index contributed by atoms with van der Waals surface area (Å²) < 4.78 is 5.73. The number of carbonyl (C=O) groups excluding carboxylic acids is 2. The van der Waals surface area contributed by atoms with Gasteiger partial charge in [0.2, 0.25) is 0 Å². The van der Waals surface area contributed by atoms with Crippen molar-refractivity contribution in [1.29, 1.82) is 0 Å². The van der Waals surface area contributed by atoms with Crippen LogP contribution in [0.5, 0.6) is 0 Å². The van der Waals surface area contributed by atoms with Gasteiger partial charge in [-0.15, -0.1) is 11.3 Å². The highest BCUT2D eigenvalue weighted by molar-refractivity contribution is 7.17. The average molecular weight is 446 g/mol. The third-order valence-electron chi connectivity index (χ3n) is 5.94. The number of hydrogen-bond acceptors (Lipinski definition) is 5. The molecular weight excluding hydrogens is 422 g/mol. The lowest BCUT2D eigenvalue weighted by Gasteiger charge is -2.18. The van der Waals surface area contributed by atoms with Crippen LogP contribution in [0.25, 0.3) is 22.4 Å². The zero-order valence-electron chi connectivity index (χ0n) is 17.9. The summed E-state index contributed by atoms with van der Waals surface area (Å²) in [7, 11) is 0. The van der Waals surface area contributed by atoms with E-state index in [1.807, 2.05) is 43.3 Å². The molecule has 3 aromatic heterocycles. The van der Waals surface area contributed by atoms with Crippen LogP contribution < -0.4 is 11.1 Å². The largest absolute Gasteiger partial charge is 0.460 e. The number of benzene rings is 1. The highest BCUT2D eigenvalue weighted by Crippen LogP contribution is 2.40. The van der Waals surface area contributed by atoms with Gasteiger partial charge in [-0.05, 0) is 61.9 Å². The first-order valence-corrected chi connectivity index (χ1v) is 11.4. The van der Waals surface area contributed by atoms with Crippen molar-refractivity contribution < 1.29 is 14.0 Å². The quantitative estimate of drug-likeness (QED) is 0.443. The number of fused-ring (bicyclic) bond motifs is 2. The van der Waals surface area contributed by atoms with E-state index in [9.17, 15) is 9.59 Å². The number of pyridine rings is 1. The van der Waals surface area contributed by atoms with Gasteiger partial charge in [-0.25, -0.2) is 4.98 Å². The second kappa shape index (κ2) is 7.91. The number of nitrogens with zero attached hydrogens (tertiary/aromatic N) is 1. The number of thiophene rings is 1. The summed E-state index contributed by atoms with van der Waals surface area (Å²) in [5.41, 5.74) is 8.90. The van der Waals surface area contributed by atoms with Crippen molar-refractivity contribution in [2.45, 2.75) is 33.1 Å². The Kier molecular flexibility index (Phi) is 5.06. The van der Waals surface area contributed by atoms with Crippen molar-refractivity contribution in [3.05, 3.63) is 69.8 Å². The number of nitrogens with one attached hydrogen (secondary N) is 1. The van der Waals surface area contributed by atoms with Crippen LogP contribution in [0.4, 0.5) is 5.00 Å². The normalized spacial score (nSPS) is 15.5. The number of hydrogen-bond donors (Lipinski definition) is 2. The molecule has 0 fully saturated rings. The number of anilines is 1. The van der Waals surface area contributed by atoms with E-state index in [2.05, 4.69) is 17.2 Å². The van der Waals surface area contributed by atoms with Gasteiger partial charge in [-0.3, -0.25) is 9.59 Å². The Labute approximate surface area is 189 Å². The van der Waals surface area contributed by atoms with E-state index in [0.717, 1.165) is 40.8 Å². The van der Waals surface area contributed by atoms with Crippen molar-refractivity contribution in [2.75, 3.05) is 5.32 Å². The predicted octanol–water partition coefficient (Wildman–Crippen LogP) is 5.34. The molecule has 6 nitrogen and oxygen atoms in total. The number of carbonyl (C=O) groups is 2. The minimum absolute atomic E-state index is 0.303. The van der Waals surface area contributed by atoms with Gasteiger partial charge < -0.3 is 15.5 Å². The number of furan rings is 1. The number of nitrogens with two attached hydrogens (primary N) is 1. The number of primary amides is 1. The first kappa shape index (κ1) is 20.5. The number of aryl methyl sites for hydroxylation is 1. The molecule has 3 heterocycles. The summed E-state index contributed by atoms with van der Waals surface area (Å²) in [6, 6.07) is 12.9. The van der Waals surface area contributed by atoms with Crippen LogP contribution in [-0.4, -0.2) is 16.8 Å². The Bertz CT molecular complexity index is 1370. The van der Waals surface area contributed by atoms with E-state index < -0.39 is 5.91 Å². The van der Waals surface area contributed by atoms with E-state index in [1.165, 1.54) is 11.3 Å². The highest BCUT2D eigenvalue weighted by Gasteiger charge is 2.28. The van der Waals surface area contributed by atoms with Crippen molar-refractivity contribution in [3.8, 4) is 11.5 Å². The monoisotopic (exact) mass is 445 g/mol. The van der Waals surface area contributed by atoms with Gasteiger partial charge in [-0.2, -0.15) is 0 Å². The fraction of sp³-hybridized carbons (Fsp3) is 0.240. The summed E-state index contributed by atoms with van der Waals surface area (Å²) in [6.45, 7) is 4.06. The second-order valence-corrected chi connectivity index (χ2v) is 9.46. The topological polar surface area (TPSA) is 98.2 Å². The first-order chi connectivity index (χ1) is 15.4. The zero-order chi connectivity index (χ0) is 22.4. The van der Waals surface area contributed by atoms with Crippen LogP contribution >= 0.6 is 11.3 Å². The second-order valence-electron chi connectivity index (χ2n) is 8.36. The van der Waals surface area contributed by atoms with Crippen LogP contribution in [0.2, 0.25) is 0 Å². The maximum absolute atomic E-state index is 13.5. The molecule has 0 unspecified atom stereocenters. The van der Waals surface area contributed by atoms with Crippen LogP contribution in [0.1, 0.15) is 50.3 Å². The number of amides is 2. The zero-order valence-corrected chi connectivity index (χ0v) is 18.7. The molecule has 1 atom stereocenters. The third kappa shape index (κ3) is 3.58. The molecule has 1 aromatic carbocycles. The number of rotatable bonds is 4. The van der Waals surface area contributed by atoms with Gasteiger partial charge >= 0.3 is 0 Å². The van der Waals surface area contributed by atoms with Crippen LogP contribution in [0, 0.1) is 12.8 Å². The molecule has 0 bridgehead atoms. The summed E-state index contributed by atoms with van der Waals surface area (Å²) >= 11 is 1.46. The molecule has 1 aliphatic carbocycles. The van der Waals surface area contributed by atoms with Gasteiger partial charge in [0.1, 0.15) is 16.5 Å². The van der Waals surface area contributed by atoms with E-state index >= 15 is 0 Å². The average Bonchev–Trinajstić information content (AvgIpc) is 3.35. The van der Waals surface area contributed by atoms with Crippen molar-refractivity contribution in [2.24, 2.45) is 11.7 Å². The molecule has 5 rings (SSSR count). The summed E-state index contributed by atoms with van der Waals surface area (Å²) in [5.74, 6) is 1.11. The predicted molar refractivity (Wildman–Crippen MR) is 126 cm³/mol. The van der Waals surface area contributed by atoms with Gasteiger partial charge in [0.05, 0.1) is 16.6 Å². The van der Waals surface area contributed by atoms with E-state index in [1.54, 1.807) is 6.07 Å². The molecule has 0 saturated heterocycles. The molecule has 3 N–H and O–H groups in total. The molecule has 0 spiro atoms. The van der Waals surface area contributed by atoms with Gasteiger partial charge in [0.15, 0.2) is 5.76 Å². The molecule has 1 aliphatic rings. The van der Waals surface area contributed by atoms with Gasteiger partial charge in [0.25, 0.3) is 11.8 Å². The molecule has 4 aromatic rings. The number of aromatic nitrogens is 1. The third-order valence-corrected chi connectivity index (χ3v) is 7.11. The first-order valence-electron chi connectivity index (χ1n) is 10.6. The Morgan fingerprint density at radius 2 is 2.03 bits per heavy atom. The van der Waals surface area contributed by atoms with E-state index in [-0.39, 0.29) is 5.91 Å². The van der Waals surface area contributed by atoms with Gasteiger partial charge in [-0.1, -0.05) is 25.1 Å².